The molecule has 278 valence electrons. The van der Waals surface area contributed by atoms with Gasteiger partial charge in [-0.25, -0.2) is 43.2 Å². The minimum Gasteiger partial charge on any atom is -0.480 e. The van der Waals surface area contributed by atoms with Gasteiger partial charge in [0.15, 0.2) is 0 Å². The summed E-state index contributed by atoms with van der Waals surface area (Å²) in [5, 5.41) is 37.4. The van der Waals surface area contributed by atoms with Crippen LogP contribution in [0.25, 0.3) is 0 Å². The fourth-order valence-corrected chi connectivity index (χ4v) is 1.21. The second-order valence-electron chi connectivity index (χ2n) is 7.58. The van der Waals surface area contributed by atoms with Crippen LogP contribution in [0.4, 0.5) is 0 Å². The standard InChI is InChI=1S/3C3H3N3O3.3C3H6O2S.C2H6O2/c3*7-1-4-2(8)6-3(9)5-1;3*1-2(6)3(4)5;3-1-2-4/h3*(H3,4,5,6,7,8,9);3*2,6H,1H3,(H,4,5);3-4H,1-2H2. The van der Waals surface area contributed by atoms with Crippen molar-refractivity contribution in [2.45, 2.75) is 36.5 Å². The maximum absolute atomic E-state index is 10.2. The number of H-pyrrole nitrogens is 9. The fraction of sp³-hybridized carbons (Fsp3) is 0.400. The number of carboxylic acid groups (broad SMARTS) is 3. The third-order valence-corrected chi connectivity index (χ3v) is 3.88. The largest absolute Gasteiger partial charge is 0.480 e. The average molecular weight is 768 g/mol. The van der Waals surface area contributed by atoms with Gasteiger partial charge in [0.05, 0.1) is 29.0 Å². The summed E-state index contributed by atoms with van der Waals surface area (Å²) in [6.45, 7) is 4.27. The lowest BCUT2D eigenvalue weighted by molar-refractivity contribution is -0.137. The number of carbonyl (C=O) groups is 3. The molecule has 29 heteroatoms. The lowest BCUT2D eigenvalue weighted by Gasteiger charge is -1.88. The molecule has 0 aliphatic carbocycles. The predicted molar refractivity (Wildman–Crippen MR) is 177 cm³/mol. The van der Waals surface area contributed by atoms with Crippen LogP contribution in [0.5, 0.6) is 0 Å². The van der Waals surface area contributed by atoms with Crippen molar-refractivity contribution >= 4 is 55.8 Å². The Hall–Kier alpha value is -5.39. The average Bonchev–Trinajstić information content (AvgIpc) is 2.92. The smallest absolute Gasteiger partial charge is 0.330 e. The van der Waals surface area contributed by atoms with Crippen LogP contribution < -0.4 is 51.2 Å². The number of hydrogen-bond acceptors (Lipinski definition) is 17. The first-order valence-electron chi connectivity index (χ1n) is 12.1. The zero-order valence-corrected chi connectivity index (χ0v) is 27.8. The molecule has 0 radical (unpaired) electrons. The summed E-state index contributed by atoms with van der Waals surface area (Å²) in [7, 11) is 0. The highest BCUT2D eigenvalue weighted by atomic mass is 32.1. The monoisotopic (exact) mass is 767 g/mol. The van der Waals surface area contributed by atoms with Crippen molar-refractivity contribution in [3.8, 4) is 0 Å². The number of aromatic amines is 9. The number of aliphatic hydroxyl groups excluding tert-OH is 2. The molecule has 3 heterocycles. The van der Waals surface area contributed by atoms with E-state index in [0.717, 1.165) is 0 Å². The summed E-state index contributed by atoms with van der Waals surface area (Å²) >= 11 is 10.8. The van der Waals surface area contributed by atoms with Crippen LogP contribution in [0.2, 0.25) is 0 Å². The minimum absolute atomic E-state index is 0.125. The minimum atomic E-state index is -0.877. The Labute approximate surface area is 284 Å². The molecule has 26 nitrogen and oxygen atoms in total. The number of aliphatic hydroxyl groups is 2. The molecule has 3 aromatic heterocycles. The van der Waals surface area contributed by atoms with Crippen molar-refractivity contribution in [3.05, 3.63) is 94.4 Å². The number of rotatable bonds is 4. The normalized spacial score (nSPS) is 10.8. The summed E-state index contributed by atoms with van der Waals surface area (Å²) in [6, 6.07) is 0. The first-order chi connectivity index (χ1) is 22.4. The van der Waals surface area contributed by atoms with E-state index in [4.69, 9.17) is 25.5 Å². The molecule has 3 unspecified atom stereocenters. The molecular formula is C20H33N9O17S3. The number of nitrogens with one attached hydrogen (secondary N) is 9. The molecular weight excluding hydrogens is 734 g/mol. The second kappa shape index (κ2) is 28.8. The highest BCUT2D eigenvalue weighted by Crippen LogP contribution is 1.89. The quantitative estimate of drug-likeness (QED) is 0.110. The number of aromatic nitrogens is 9. The molecule has 0 fully saturated rings. The molecule has 0 amide bonds. The van der Waals surface area contributed by atoms with Crippen molar-refractivity contribution in [1.82, 2.24) is 44.9 Å². The van der Waals surface area contributed by atoms with Crippen molar-refractivity contribution in [2.24, 2.45) is 0 Å². The summed E-state index contributed by atoms with van der Waals surface area (Å²) in [6.07, 6.45) is 0. The molecule has 14 N–H and O–H groups in total. The summed E-state index contributed by atoms with van der Waals surface area (Å²) < 4.78 is 0. The van der Waals surface area contributed by atoms with Crippen LogP contribution in [-0.2, 0) is 14.4 Å². The third kappa shape index (κ3) is 36.9. The molecule has 3 atom stereocenters. The Morgan fingerprint density at radius 2 is 0.490 bits per heavy atom. The summed E-state index contributed by atoms with van der Waals surface area (Å²) in [5.74, 6) is -2.63. The van der Waals surface area contributed by atoms with E-state index >= 15 is 0 Å². The van der Waals surface area contributed by atoms with Crippen LogP contribution in [0.3, 0.4) is 0 Å². The number of carboxylic acids is 3. The molecule has 0 aliphatic rings. The van der Waals surface area contributed by atoms with Crippen LogP contribution in [-0.4, -0.2) is 117 Å². The van der Waals surface area contributed by atoms with Crippen LogP contribution in [0.15, 0.2) is 43.2 Å². The van der Waals surface area contributed by atoms with Gasteiger partial charge < -0.3 is 25.5 Å². The first kappa shape index (κ1) is 50.5. The molecule has 3 rings (SSSR count). The van der Waals surface area contributed by atoms with Crippen LogP contribution in [0, 0.1) is 0 Å². The van der Waals surface area contributed by atoms with E-state index in [1.165, 1.54) is 20.8 Å². The molecule has 0 bridgehead atoms. The summed E-state index contributed by atoms with van der Waals surface area (Å²) in [4.78, 5) is 137. The predicted octanol–water partition coefficient (Wildman–Crippen LogP) is -6.61. The Bertz CT molecular complexity index is 1470. The van der Waals surface area contributed by atoms with E-state index in [1.807, 2.05) is 0 Å². The van der Waals surface area contributed by atoms with Crippen LogP contribution in [0.1, 0.15) is 20.8 Å². The Morgan fingerprint density at radius 1 is 0.408 bits per heavy atom. The third-order valence-electron chi connectivity index (χ3n) is 3.22. The zero-order valence-electron chi connectivity index (χ0n) is 25.1. The Kier molecular flexibility index (Phi) is 29.7. The molecule has 0 aliphatic heterocycles. The second-order valence-corrected chi connectivity index (χ2v) is 9.90. The van der Waals surface area contributed by atoms with E-state index in [1.54, 1.807) is 44.9 Å². The van der Waals surface area contributed by atoms with Gasteiger partial charge in [0, 0.05) is 0 Å². The van der Waals surface area contributed by atoms with Gasteiger partial charge in [-0.2, -0.15) is 37.9 Å². The number of aliphatic carboxylic acids is 3. The van der Waals surface area contributed by atoms with Gasteiger partial charge in [0.1, 0.15) is 0 Å². The van der Waals surface area contributed by atoms with Gasteiger partial charge in [0.2, 0.25) is 0 Å². The highest BCUT2D eigenvalue weighted by molar-refractivity contribution is 7.82. The maximum atomic E-state index is 10.2. The first-order valence-corrected chi connectivity index (χ1v) is 13.7. The van der Waals surface area contributed by atoms with Crippen LogP contribution >= 0.6 is 37.9 Å². The van der Waals surface area contributed by atoms with E-state index < -0.39 is 84.9 Å². The van der Waals surface area contributed by atoms with E-state index in [2.05, 4.69) is 37.9 Å². The van der Waals surface area contributed by atoms with Gasteiger partial charge in [-0.3, -0.25) is 59.2 Å². The van der Waals surface area contributed by atoms with E-state index in [9.17, 15) is 57.5 Å². The lowest BCUT2D eigenvalue weighted by atomic mass is 10.5. The molecule has 49 heavy (non-hydrogen) atoms. The van der Waals surface area contributed by atoms with Gasteiger partial charge >= 0.3 is 69.1 Å². The molecule has 0 aromatic carbocycles. The number of hydrogen-bond donors (Lipinski definition) is 17. The van der Waals surface area contributed by atoms with Crippen molar-refractivity contribution in [2.75, 3.05) is 13.2 Å². The van der Waals surface area contributed by atoms with Crippen molar-refractivity contribution < 1.29 is 39.9 Å². The van der Waals surface area contributed by atoms with Gasteiger partial charge in [0.25, 0.3) is 0 Å². The SMILES string of the molecule is CC(S)C(=O)O.CC(S)C(=O)O.CC(S)C(=O)O.O=c1[nH]c(=O)[nH]c(=O)[nH]1.O=c1[nH]c(=O)[nH]c(=O)[nH]1.O=c1[nH]c(=O)[nH]c(=O)[nH]1.OCCO. The van der Waals surface area contributed by atoms with E-state index in [0.29, 0.717) is 0 Å². The van der Waals surface area contributed by atoms with E-state index in [-0.39, 0.29) is 13.2 Å². The van der Waals surface area contributed by atoms with Crippen molar-refractivity contribution in [3.63, 3.8) is 0 Å². The zero-order chi connectivity index (χ0) is 39.4. The number of thiol groups is 3. The fourth-order valence-electron chi connectivity index (χ4n) is 1.21. The van der Waals surface area contributed by atoms with Gasteiger partial charge in [-0.1, -0.05) is 0 Å². The van der Waals surface area contributed by atoms with Crippen molar-refractivity contribution in [1.29, 1.82) is 0 Å². The molecule has 3 aromatic rings. The Balaban J connectivity index is -0.000000245. The maximum Gasteiger partial charge on any atom is 0.330 e. The lowest BCUT2D eigenvalue weighted by Crippen LogP contribution is -2.34. The topological polar surface area (TPSA) is 448 Å². The molecule has 0 saturated carbocycles. The molecule has 0 saturated heterocycles. The Morgan fingerprint density at radius 3 is 0.531 bits per heavy atom. The van der Waals surface area contributed by atoms with Gasteiger partial charge in [-0.05, 0) is 20.8 Å². The summed E-state index contributed by atoms with van der Waals surface area (Å²) in [5.41, 5.74) is -7.22. The molecule has 0 spiro atoms. The highest BCUT2D eigenvalue weighted by Gasteiger charge is 2.01. The van der Waals surface area contributed by atoms with Gasteiger partial charge in [-0.15, -0.1) is 0 Å².